The van der Waals surface area contributed by atoms with E-state index < -0.39 is 5.97 Å². The van der Waals surface area contributed by atoms with Crippen molar-refractivity contribution in [3.05, 3.63) is 29.8 Å². The van der Waals surface area contributed by atoms with E-state index in [9.17, 15) is 9.59 Å². The van der Waals surface area contributed by atoms with E-state index >= 15 is 0 Å². The Morgan fingerprint density at radius 1 is 1.29 bits per heavy atom. The summed E-state index contributed by atoms with van der Waals surface area (Å²) in [6, 6.07) is 8.18. The summed E-state index contributed by atoms with van der Waals surface area (Å²) in [6.07, 6.45) is 0. The average molecular weight is 311 g/mol. The lowest BCUT2D eigenvalue weighted by atomic mass is 10.0. The summed E-state index contributed by atoms with van der Waals surface area (Å²) in [4.78, 5) is 22.8. The van der Waals surface area contributed by atoms with Crippen LogP contribution < -0.4 is 5.32 Å². The number of rotatable bonds is 9. The van der Waals surface area contributed by atoms with Gasteiger partial charge in [-0.25, -0.2) is 4.79 Å². The number of hydrogen-bond acceptors (Lipinski definition) is 4. The molecule has 2 N–H and O–H groups in total. The predicted molar refractivity (Wildman–Crippen MR) is 82.7 cm³/mol. The number of thioether (sulfide) groups is 1. The van der Waals surface area contributed by atoms with Gasteiger partial charge >= 0.3 is 5.97 Å². The van der Waals surface area contributed by atoms with Crippen LogP contribution in [0.2, 0.25) is 0 Å². The van der Waals surface area contributed by atoms with Gasteiger partial charge in [0.1, 0.15) is 6.61 Å². The number of aliphatic carboxylic acids is 1. The first-order valence-corrected chi connectivity index (χ1v) is 7.76. The van der Waals surface area contributed by atoms with Gasteiger partial charge in [0.05, 0.1) is 12.4 Å². The molecule has 1 rings (SSSR count). The van der Waals surface area contributed by atoms with Gasteiger partial charge < -0.3 is 15.2 Å². The highest BCUT2D eigenvalue weighted by Gasteiger charge is 2.04. The van der Waals surface area contributed by atoms with Gasteiger partial charge in [-0.3, -0.25) is 4.79 Å². The Bertz CT molecular complexity index is 459. The van der Waals surface area contributed by atoms with Gasteiger partial charge in [-0.2, -0.15) is 0 Å². The molecule has 0 aliphatic rings. The summed E-state index contributed by atoms with van der Waals surface area (Å²) in [7, 11) is 0. The van der Waals surface area contributed by atoms with Crippen LogP contribution in [0.25, 0.3) is 0 Å². The first-order valence-electron chi connectivity index (χ1n) is 6.78. The number of ether oxygens (including phenoxy) is 1. The monoisotopic (exact) mass is 311 g/mol. The van der Waals surface area contributed by atoms with Crippen LogP contribution in [0.3, 0.4) is 0 Å². The van der Waals surface area contributed by atoms with Crippen LogP contribution in [0.5, 0.6) is 0 Å². The maximum Gasteiger partial charge on any atom is 0.329 e. The lowest BCUT2D eigenvalue weighted by molar-refractivity contribution is -0.142. The molecular weight excluding hydrogens is 290 g/mol. The summed E-state index contributed by atoms with van der Waals surface area (Å²) in [5, 5.41) is 11.0. The van der Waals surface area contributed by atoms with Crippen molar-refractivity contribution in [2.75, 3.05) is 25.5 Å². The van der Waals surface area contributed by atoms with Crippen molar-refractivity contribution in [1.29, 1.82) is 0 Å². The van der Waals surface area contributed by atoms with Crippen molar-refractivity contribution in [3.8, 4) is 0 Å². The molecule has 0 heterocycles. The normalized spacial score (nSPS) is 10.6. The minimum atomic E-state index is -1.01. The number of nitrogens with one attached hydrogen (secondary N) is 1. The Labute approximate surface area is 129 Å². The van der Waals surface area contributed by atoms with Gasteiger partial charge in [-0.1, -0.05) is 26.0 Å². The molecule has 0 saturated carbocycles. The van der Waals surface area contributed by atoms with E-state index in [1.54, 1.807) is 0 Å². The second-order valence-electron chi connectivity index (χ2n) is 4.81. The average Bonchev–Trinajstić information content (AvgIpc) is 2.44. The highest BCUT2D eigenvalue weighted by Crippen LogP contribution is 2.21. The van der Waals surface area contributed by atoms with Crippen LogP contribution in [0.1, 0.15) is 25.3 Å². The van der Waals surface area contributed by atoms with Gasteiger partial charge in [0.25, 0.3) is 0 Å². The molecule has 0 aromatic heterocycles. The Balaban J connectivity index is 2.19. The van der Waals surface area contributed by atoms with Crippen LogP contribution in [-0.2, 0) is 14.3 Å². The summed E-state index contributed by atoms with van der Waals surface area (Å²) in [5.74, 6) is -0.272. The molecule has 0 atom stereocenters. The molecule has 0 bridgehead atoms. The zero-order valence-electron chi connectivity index (χ0n) is 12.3. The molecular formula is C15H21NO4S. The number of carbonyl (C=O) groups is 2. The molecule has 5 nitrogen and oxygen atoms in total. The summed E-state index contributed by atoms with van der Waals surface area (Å²) >= 11 is 1.47. The van der Waals surface area contributed by atoms with E-state index in [1.807, 2.05) is 12.1 Å². The fourth-order valence-corrected chi connectivity index (χ4v) is 2.30. The molecule has 1 aromatic carbocycles. The van der Waals surface area contributed by atoms with Crippen molar-refractivity contribution in [2.45, 2.75) is 24.7 Å². The number of carboxylic acid groups (broad SMARTS) is 1. The summed E-state index contributed by atoms with van der Waals surface area (Å²) < 4.78 is 4.82. The molecule has 6 heteroatoms. The third kappa shape index (κ3) is 7.72. The minimum absolute atomic E-state index is 0.0909. The molecule has 0 spiro atoms. The molecule has 0 saturated heterocycles. The highest BCUT2D eigenvalue weighted by atomic mass is 32.2. The van der Waals surface area contributed by atoms with Crippen molar-refractivity contribution >= 4 is 23.6 Å². The molecule has 116 valence electrons. The van der Waals surface area contributed by atoms with Crippen LogP contribution >= 0.6 is 11.8 Å². The molecule has 1 aromatic rings. The van der Waals surface area contributed by atoms with Crippen molar-refractivity contribution in [3.63, 3.8) is 0 Å². The minimum Gasteiger partial charge on any atom is -0.480 e. The smallest absolute Gasteiger partial charge is 0.329 e. The maximum atomic E-state index is 11.6. The second-order valence-corrected chi connectivity index (χ2v) is 5.86. The molecule has 1 amide bonds. The molecule has 0 aliphatic heterocycles. The summed E-state index contributed by atoms with van der Waals surface area (Å²) in [6.45, 7) is 4.46. The first kappa shape index (κ1) is 17.5. The quantitative estimate of drug-likeness (QED) is 0.540. The first-order chi connectivity index (χ1) is 9.99. The van der Waals surface area contributed by atoms with E-state index in [0.29, 0.717) is 18.2 Å². The lowest BCUT2D eigenvalue weighted by Crippen LogP contribution is -2.29. The molecule has 0 aliphatic carbocycles. The summed E-state index contributed by atoms with van der Waals surface area (Å²) in [5.41, 5.74) is 1.28. The van der Waals surface area contributed by atoms with Gasteiger partial charge in [0, 0.05) is 11.4 Å². The highest BCUT2D eigenvalue weighted by molar-refractivity contribution is 8.00. The topological polar surface area (TPSA) is 75.6 Å². The number of benzene rings is 1. The SMILES string of the molecule is CC(C)c1ccc(SCC(=O)NCCOCC(=O)O)cc1. The van der Waals surface area contributed by atoms with Crippen molar-refractivity contribution < 1.29 is 19.4 Å². The number of amides is 1. The van der Waals surface area contributed by atoms with E-state index in [0.717, 1.165) is 4.90 Å². The van der Waals surface area contributed by atoms with E-state index in [-0.39, 0.29) is 19.1 Å². The number of carbonyl (C=O) groups excluding carboxylic acids is 1. The Hall–Kier alpha value is -1.53. The Kier molecular flexibility index (Phi) is 7.85. The van der Waals surface area contributed by atoms with Crippen molar-refractivity contribution in [1.82, 2.24) is 5.32 Å². The predicted octanol–water partition coefficient (Wildman–Crippen LogP) is 2.12. The Morgan fingerprint density at radius 2 is 1.95 bits per heavy atom. The Morgan fingerprint density at radius 3 is 2.52 bits per heavy atom. The van der Waals surface area contributed by atoms with Crippen LogP contribution in [0.15, 0.2) is 29.2 Å². The van der Waals surface area contributed by atoms with Gasteiger partial charge in [0.2, 0.25) is 5.91 Å². The third-order valence-electron chi connectivity index (χ3n) is 2.71. The fraction of sp³-hybridized carbons (Fsp3) is 0.467. The van der Waals surface area contributed by atoms with Gasteiger partial charge in [-0.15, -0.1) is 11.8 Å². The number of carboxylic acids is 1. The third-order valence-corrected chi connectivity index (χ3v) is 3.72. The van der Waals surface area contributed by atoms with Crippen LogP contribution in [-0.4, -0.2) is 42.5 Å². The standard InChI is InChI=1S/C15H21NO4S/c1-11(2)12-3-5-13(6-4-12)21-10-14(17)16-7-8-20-9-15(18)19/h3-6,11H,7-10H2,1-2H3,(H,16,17)(H,18,19). The van der Waals surface area contributed by atoms with Crippen molar-refractivity contribution in [2.24, 2.45) is 0 Å². The van der Waals surface area contributed by atoms with E-state index in [2.05, 4.69) is 31.3 Å². The lowest BCUT2D eigenvalue weighted by Gasteiger charge is -2.07. The zero-order valence-corrected chi connectivity index (χ0v) is 13.1. The van der Waals surface area contributed by atoms with E-state index in [4.69, 9.17) is 9.84 Å². The largest absolute Gasteiger partial charge is 0.480 e. The van der Waals surface area contributed by atoms with Gasteiger partial charge in [0.15, 0.2) is 0 Å². The number of hydrogen-bond donors (Lipinski definition) is 2. The van der Waals surface area contributed by atoms with Gasteiger partial charge in [-0.05, 0) is 23.6 Å². The molecule has 21 heavy (non-hydrogen) atoms. The van der Waals surface area contributed by atoms with Crippen LogP contribution in [0.4, 0.5) is 0 Å². The zero-order chi connectivity index (χ0) is 15.7. The van der Waals surface area contributed by atoms with E-state index in [1.165, 1.54) is 17.3 Å². The molecule has 0 radical (unpaired) electrons. The maximum absolute atomic E-state index is 11.6. The second kappa shape index (κ2) is 9.41. The van der Waals surface area contributed by atoms with Crippen LogP contribution in [0, 0.1) is 0 Å². The molecule has 0 unspecified atom stereocenters. The fourth-order valence-electron chi connectivity index (χ4n) is 1.57. The molecule has 0 fully saturated rings.